The highest BCUT2D eigenvalue weighted by Gasteiger charge is 2.33. The van der Waals surface area contributed by atoms with E-state index < -0.39 is 17.6 Å². The number of ketones is 1. The van der Waals surface area contributed by atoms with Crippen molar-refractivity contribution in [2.75, 3.05) is 33.4 Å². The number of ether oxygens (including phenoxy) is 3. The van der Waals surface area contributed by atoms with Crippen molar-refractivity contribution in [3.8, 4) is 12.3 Å². The van der Waals surface area contributed by atoms with Crippen LogP contribution < -0.4 is 10.6 Å². The molecule has 0 bridgehead atoms. The molecule has 0 spiro atoms. The van der Waals surface area contributed by atoms with Crippen LogP contribution in [0.4, 0.5) is 0 Å². The van der Waals surface area contributed by atoms with Crippen LogP contribution in [-0.4, -0.2) is 67.9 Å². The molecule has 2 N–H and O–H groups in total. The van der Waals surface area contributed by atoms with Crippen molar-refractivity contribution in [3.05, 3.63) is 0 Å². The molecule has 1 atom stereocenters. The number of esters is 1. The van der Waals surface area contributed by atoms with Gasteiger partial charge >= 0.3 is 5.97 Å². The average Bonchev–Trinajstić information content (AvgIpc) is 2.81. The highest BCUT2D eigenvalue weighted by molar-refractivity contribution is 5.92. The Morgan fingerprint density at radius 1 is 0.971 bits per heavy atom. The highest BCUT2D eigenvalue weighted by atomic mass is 16.5. The molecule has 7 nitrogen and oxygen atoms in total. The minimum Gasteiger partial charge on any atom is -0.452 e. The molecule has 0 aromatic heterocycles. The van der Waals surface area contributed by atoms with Crippen LogP contribution in [-0.2, 0) is 23.8 Å². The second-order valence-corrected chi connectivity index (χ2v) is 9.50. The van der Waals surface area contributed by atoms with Crippen molar-refractivity contribution < 1.29 is 23.8 Å². The summed E-state index contributed by atoms with van der Waals surface area (Å²) in [5.41, 5.74) is -1.28. The van der Waals surface area contributed by atoms with Gasteiger partial charge in [0.1, 0.15) is 0 Å². The van der Waals surface area contributed by atoms with Gasteiger partial charge in [-0.05, 0) is 73.9 Å². The van der Waals surface area contributed by atoms with Crippen molar-refractivity contribution in [1.29, 1.82) is 0 Å². The fourth-order valence-electron chi connectivity index (χ4n) is 2.97. The monoisotopic (exact) mass is 500 g/mol. The Balaban J connectivity index is -0.00000242. The van der Waals surface area contributed by atoms with Crippen LogP contribution in [0.1, 0.15) is 102 Å². The molecule has 0 aliphatic heterocycles. The van der Waals surface area contributed by atoms with E-state index in [-0.39, 0.29) is 30.0 Å². The molecule has 0 fully saturated rings. The van der Waals surface area contributed by atoms with Crippen LogP contribution in [0.5, 0.6) is 0 Å². The Kier molecular flexibility index (Phi) is 22.5. The molecule has 0 heterocycles. The van der Waals surface area contributed by atoms with Crippen LogP contribution in [0, 0.1) is 12.3 Å². The minimum atomic E-state index is -0.746. The van der Waals surface area contributed by atoms with Crippen molar-refractivity contribution >= 4 is 11.8 Å². The zero-order chi connectivity index (χ0) is 28.1. The lowest BCUT2D eigenvalue weighted by molar-refractivity contribution is -0.142. The van der Waals surface area contributed by atoms with E-state index in [0.717, 1.165) is 12.8 Å². The number of nitrogens with one attached hydrogen (secondary N) is 2. The third-order valence-corrected chi connectivity index (χ3v) is 5.38. The number of carbonyl (C=O) groups is 2. The molecule has 208 valence electrons. The van der Waals surface area contributed by atoms with Gasteiger partial charge in [-0.1, -0.05) is 40.5 Å². The topological polar surface area (TPSA) is 85.9 Å². The van der Waals surface area contributed by atoms with Gasteiger partial charge in [-0.2, -0.15) is 0 Å². The lowest BCUT2D eigenvalue weighted by atomic mass is 9.90. The largest absolute Gasteiger partial charge is 0.452 e. The van der Waals surface area contributed by atoms with Gasteiger partial charge in [-0.15, -0.1) is 6.42 Å². The minimum absolute atomic E-state index is 0.0136. The molecule has 0 amide bonds. The van der Waals surface area contributed by atoms with E-state index in [0.29, 0.717) is 26.1 Å². The summed E-state index contributed by atoms with van der Waals surface area (Å²) >= 11 is 0. The Labute approximate surface area is 216 Å². The van der Waals surface area contributed by atoms with Crippen molar-refractivity contribution in [3.63, 3.8) is 0 Å². The van der Waals surface area contributed by atoms with Crippen molar-refractivity contribution in [2.24, 2.45) is 0 Å². The Bertz CT molecular complexity index is 595. The van der Waals surface area contributed by atoms with Crippen LogP contribution in [0.3, 0.4) is 0 Å². The third-order valence-electron chi connectivity index (χ3n) is 5.38. The van der Waals surface area contributed by atoms with Gasteiger partial charge in [-0.25, -0.2) is 0 Å². The summed E-state index contributed by atoms with van der Waals surface area (Å²) in [5, 5.41) is 6.54. The first-order valence-corrected chi connectivity index (χ1v) is 13.1. The van der Waals surface area contributed by atoms with E-state index in [1.54, 1.807) is 7.11 Å². The summed E-state index contributed by atoms with van der Waals surface area (Å²) in [7, 11) is 1.70. The average molecular weight is 501 g/mol. The van der Waals surface area contributed by atoms with Gasteiger partial charge in [0.25, 0.3) is 0 Å². The molecule has 0 saturated heterocycles. The highest BCUT2D eigenvalue weighted by Crippen LogP contribution is 2.19. The number of hydrogen-bond donors (Lipinski definition) is 2. The summed E-state index contributed by atoms with van der Waals surface area (Å²) in [6, 6.07) is -0.438. The predicted molar refractivity (Wildman–Crippen MR) is 147 cm³/mol. The first-order valence-electron chi connectivity index (χ1n) is 13.1. The standard InChI is InChI=1S/C24H44N2O5.2C2H6/c1-10-17-30-20(27)13-12-19(25-11-2)21(28)24(7,8)26-16-14-23(5,6)31-18-15-22(3,4)29-9;2*1-2/h1,19,25-26H,11-18H2,2-9H3;2*1-2H3. The van der Waals surface area contributed by atoms with E-state index in [9.17, 15) is 9.59 Å². The van der Waals surface area contributed by atoms with Gasteiger partial charge in [0.2, 0.25) is 0 Å². The fraction of sp³-hybridized carbons (Fsp3) is 0.857. The van der Waals surface area contributed by atoms with Crippen molar-refractivity contribution in [2.45, 2.75) is 125 Å². The molecule has 35 heavy (non-hydrogen) atoms. The normalized spacial score (nSPS) is 12.3. The first kappa shape index (κ1) is 38.1. The molecule has 1 unspecified atom stereocenters. The zero-order valence-corrected chi connectivity index (χ0v) is 24.9. The molecular weight excluding hydrogens is 444 g/mol. The maximum Gasteiger partial charge on any atom is 0.306 e. The number of terminal acetylenes is 1. The van der Waals surface area contributed by atoms with Crippen LogP contribution in [0.2, 0.25) is 0 Å². The molecule has 0 saturated carbocycles. The van der Waals surface area contributed by atoms with E-state index in [1.807, 2.05) is 76.2 Å². The molecule has 0 radical (unpaired) electrons. The van der Waals surface area contributed by atoms with E-state index >= 15 is 0 Å². The van der Waals surface area contributed by atoms with Gasteiger partial charge in [0.05, 0.1) is 29.4 Å². The molecule has 7 heteroatoms. The van der Waals surface area contributed by atoms with Crippen LogP contribution in [0.15, 0.2) is 0 Å². The van der Waals surface area contributed by atoms with Crippen LogP contribution in [0.25, 0.3) is 0 Å². The number of hydrogen-bond acceptors (Lipinski definition) is 7. The summed E-state index contributed by atoms with van der Waals surface area (Å²) < 4.78 is 16.4. The second kappa shape index (κ2) is 20.7. The van der Waals surface area contributed by atoms with E-state index in [4.69, 9.17) is 20.6 Å². The van der Waals surface area contributed by atoms with Crippen LogP contribution >= 0.6 is 0 Å². The number of methoxy groups -OCH3 is 1. The summed E-state index contributed by atoms with van der Waals surface area (Å²) in [5.74, 6) is 1.88. The van der Waals surface area contributed by atoms with Crippen molar-refractivity contribution in [1.82, 2.24) is 10.6 Å². The smallest absolute Gasteiger partial charge is 0.306 e. The summed E-state index contributed by atoms with van der Waals surface area (Å²) in [4.78, 5) is 24.8. The fourth-order valence-corrected chi connectivity index (χ4v) is 2.97. The lowest BCUT2D eigenvalue weighted by Gasteiger charge is -2.33. The third kappa shape index (κ3) is 19.4. The van der Waals surface area contributed by atoms with Gasteiger partial charge in [0.15, 0.2) is 12.4 Å². The Morgan fingerprint density at radius 3 is 2.03 bits per heavy atom. The van der Waals surface area contributed by atoms with Gasteiger partial charge in [-0.3, -0.25) is 9.59 Å². The molecule has 0 aromatic carbocycles. The number of likely N-dealkylation sites (N-methyl/N-ethyl adjacent to an activating group) is 1. The SMILES string of the molecule is C#CCOC(=O)CCC(NCC)C(=O)C(C)(C)NCCC(C)(C)OCCC(C)(C)OC.CC.CC. The quantitative estimate of drug-likeness (QED) is 0.217. The maximum atomic E-state index is 13.1. The lowest BCUT2D eigenvalue weighted by Crippen LogP contribution is -2.55. The molecule has 0 aliphatic rings. The van der Waals surface area contributed by atoms with Gasteiger partial charge < -0.3 is 24.8 Å². The Morgan fingerprint density at radius 2 is 1.54 bits per heavy atom. The summed E-state index contributed by atoms with van der Waals surface area (Å²) in [6.07, 6.45) is 7.16. The first-order chi connectivity index (χ1) is 16.3. The number of Topliss-reactive ketones (excluding diaryl/α,β-unsaturated/α-hetero) is 1. The zero-order valence-electron chi connectivity index (χ0n) is 24.9. The number of rotatable bonds is 17. The predicted octanol–water partition coefficient (Wildman–Crippen LogP) is 4.91. The maximum absolute atomic E-state index is 13.1. The summed E-state index contributed by atoms with van der Waals surface area (Å²) in [6.45, 7) is 23.6. The number of carbonyl (C=O) groups excluding carboxylic acids is 2. The van der Waals surface area contributed by atoms with E-state index in [2.05, 4.69) is 16.6 Å². The molecule has 0 aromatic rings. The molecular formula is C28H56N2O5. The molecule has 0 rings (SSSR count). The Hall–Kier alpha value is -1.46. The second-order valence-electron chi connectivity index (χ2n) is 9.50. The van der Waals surface area contributed by atoms with Gasteiger partial charge in [0, 0.05) is 13.5 Å². The van der Waals surface area contributed by atoms with E-state index in [1.165, 1.54) is 0 Å². The molecule has 0 aliphatic carbocycles.